The summed E-state index contributed by atoms with van der Waals surface area (Å²) in [7, 11) is 0. The van der Waals surface area contributed by atoms with Gasteiger partial charge >= 0.3 is 0 Å². The standard InChI is InChI=1S/C14H18O4/c1-12-9(17-12)10-14(18-10,8-5-3-2-4-6-8)11(15)13(12)7-16-13/h8-10H,2-7H2,1H3/t9?,10-,12-,13+,14-/m0/s1. The minimum Gasteiger partial charge on any atom is -0.360 e. The summed E-state index contributed by atoms with van der Waals surface area (Å²) in [6, 6.07) is 0. The van der Waals surface area contributed by atoms with Crippen LogP contribution in [0.1, 0.15) is 39.0 Å². The van der Waals surface area contributed by atoms with E-state index in [9.17, 15) is 4.79 Å². The maximum atomic E-state index is 12.9. The van der Waals surface area contributed by atoms with Crippen LogP contribution in [0.4, 0.5) is 0 Å². The lowest BCUT2D eigenvalue weighted by atomic mass is 9.66. The van der Waals surface area contributed by atoms with Gasteiger partial charge in [0.25, 0.3) is 0 Å². The van der Waals surface area contributed by atoms with Crippen molar-refractivity contribution in [3.8, 4) is 0 Å². The highest BCUT2D eigenvalue weighted by molar-refractivity contribution is 6.03. The Kier molecular flexibility index (Phi) is 1.55. The summed E-state index contributed by atoms with van der Waals surface area (Å²) in [5, 5.41) is 0. The van der Waals surface area contributed by atoms with E-state index in [2.05, 4.69) is 0 Å². The number of fused-ring (bicyclic) bond motifs is 4. The van der Waals surface area contributed by atoms with Crippen molar-refractivity contribution in [2.45, 2.75) is 68.0 Å². The highest BCUT2D eigenvalue weighted by Crippen LogP contribution is 2.70. The molecule has 1 spiro atoms. The molecule has 0 radical (unpaired) electrons. The average molecular weight is 250 g/mol. The van der Waals surface area contributed by atoms with E-state index >= 15 is 0 Å². The van der Waals surface area contributed by atoms with E-state index < -0.39 is 11.2 Å². The molecule has 5 rings (SSSR count). The van der Waals surface area contributed by atoms with Gasteiger partial charge in [-0.3, -0.25) is 4.79 Å². The first kappa shape index (κ1) is 10.4. The van der Waals surface area contributed by atoms with Crippen LogP contribution < -0.4 is 0 Å². The van der Waals surface area contributed by atoms with Crippen LogP contribution in [-0.4, -0.2) is 41.4 Å². The lowest BCUT2D eigenvalue weighted by Crippen LogP contribution is -2.56. The molecule has 3 saturated heterocycles. The molecule has 0 aromatic heterocycles. The highest BCUT2D eigenvalue weighted by Gasteiger charge is 2.92. The number of hydrogen-bond donors (Lipinski definition) is 0. The van der Waals surface area contributed by atoms with E-state index in [1.54, 1.807) is 0 Å². The van der Waals surface area contributed by atoms with Crippen LogP contribution in [0, 0.1) is 5.92 Å². The van der Waals surface area contributed by atoms with Gasteiger partial charge in [0.1, 0.15) is 17.8 Å². The number of carbonyl (C=O) groups excluding carboxylic acids is 1. The van der Waals surface area contributed by atoms with Gasteiger partial charge in [-0.15, -0.1) is 0 Å². The van der Waals surface area contributed by atoms with E-state index in [1.165, 1.54) is 19.3 Å². The third-order valence-corrected chi connectivity index (χ3v) is 5.99. The minimum atomic E-state index is -0.651. The van der Waals surface area contributed by atoms with Crippen LogP contribution in [0.2, 0.25) is 0 Å². The minimum absolute atomic E-state index is 0.0212. The Morgan fingerprint density at radius 3 is 2.50 bits per heavy atom. The summed E-state index contributed by atoms with van der Waals surface area (Å²) in [6.45, 7) is 2.54. The monoisotopic (exact) mass is 250 g/mol. The smallest absolute Gasteiger partial charge is 0.204 e. The van der Waals surface area contributed by atoms with Crippen molar-refractivity contribution >= 4 is 5.78 Å². The van der Waals surface area contributed by atoms with E-state index in [0.717, 1.165) is 12.8 Å². The highest BCUT2D eigenvalue weighted by atomic mass is 16.7. The Morgan fingerprint density at radius 2 is 1.83 bits per heavy atom. The molecule has 0 amide bonds. The predicted octanol–water partition coefficient (Wildman–Crippen LogP) is 1.21. The van der Waals surface area contributed by atoms with Gasteiger partial charge in [-0.25, -0.2) is 0 Å². The first-order valence-electron chi connectivity index (χ1n) is 7.20. The van der Waals surface area contributed by atoms with Gasteiger partial charge in [-0.2, -0.15) is 0 Å². The molecule has 2 saturated carbocycles. The first-order chi connectivity index (χ1) is 8.65. The van der Waals surface area contributed by atoms with E-state index in [4.69, 9.17) is 14.2 Å². The Morgan fingerprint density at radius 1 is 1.11 bits per heavy atom. The van der Waals surface area contributed by atoms with Crippen LogP contribution in [-0.2, 0) is 19.0 Å². The molecule has 3 heterocycles. The fourth-order valence-corrected chi connectivity index (χ4v) is 4.63. The molecule has 0 bridgehead atoms. The molecule has 4 nitrogen and oxygen atoms in total. The van der Waals surface area contributed by atoms with Crippen LogP contribution in [0.15, 0.2) is 0 Å². The van der Waals surface area contributed by atoms with Crippen molar-refractivity contribution in [3.05, 3.63) is 0 Å². The van der Waals surface area contributed by atoms with Crippen molar-refractivity contribution in [3.63, 3.8) is 0 Å². The second-order valence-electron chi connectivity index (χ2n) is 6.76. The summed E-state index contributed by atoms with van der Waals surface area (Å²) in [6.07, 6.45) is 6.13. The molecule has 0 N–H and O–H groups in total. The normalized spacial score (nSPS) is 61.3. The van der Waals surface area contributed by atoms with Gasteiger partial charge in [-0.05, 0) is 25.7 Å². The van der Waals surface area contributed by atoms with Gasteiger partial charge in [0.05, 0.1) is 6.61 Å². The second-order valence-corrected chi connectivity index (χ2v) is 6.76. The van der Waals surface area contributed by atoms with Crippen LogP contribution in [0.3, 0.4) is 0 Å². The maximum Gasteiger partial charge on any atom is 0.204 e. The van der Waals surface area contributed by atoms with Gasteiger partial charge in [0, 0.05) is 0 Å². The molecule has 1 unspecified atom stereocenters. The summed E-state index contributed by atoms with van der Waals surface area (Å²) < 4.78 is 17.3. The number of rotatable bonds is 1. The molecular weight excluding hydrogens is 232 g/mol. The molecule has 98 valence electrons. The van der Waals surface area contributed by atoms with Gasteiger partial charge in [0.15, 0.2) is 11.2 Å². The second kappa shape index (κ2) is 2.69. The Hall–Kier alpha value is -0.450. The molecule has 18 heavy (non-hydrogen) atoms. The van der Waals surface area contributed by atoms with Crippen LogP contribution in [0.5, 0.6) is 0 Å². The molecule has 5 fully saturated rings. The topological polar surface area (TPSA) is 54.7 Å². The van der Waals surface area contributed by atoms with Crippen molar-refractivity contribution in [2.24, 2.45) is 5.92 Å². The maximum absolute atomic E-state index is 12.9. The molecule has 5 aliphatic rings. The van der Waals surface area contributed by atoms with Crippen molar-refractivity contribution in [2.75, 3.05) is 6.61 Å². The predicted molar refractivity (Wildman–Crippen MR) is 61.1 cm³/mol. The molecule has 0 aromatic carbocycles. The molecular formula is C14H18O4. The zero-order valence-corrected chi connectivity index (χ0v) is 10.6. The number of ether oxygens (including phenoxy) is 3. The Balaban J connectivity index is 1.55. The quantitative estimate of drug-likeness (QED) is 0.656. The van der Waals surface area contributed by atoms with Gasteiger partial charge in [-0.1, -0.05) is 19.3 Å². The number of hydrogen-bond acceptors (Lipinski definition) is 4. The zero-order chi connectivity index (χ0) is 12.2. The van der Waals surface area contributed by atoms with Crippen LogP contribution in [0.25, 0.3) is 0 Å². The number of Topliss-reactive ketones (excluding diaryl/α,β-unsaturated/α-hetero) is 1. The van der Waals surface area contributed by atoms with Crippen molar-refractivity contribution in [1.82, 2.24) is 0 Å². The summed E-state index contributed by atoms with van der Waals surface area (Å²) in [5.41, 5.74) is -1.57. The Bertz CT molecular complexity index is 451. The van der Waals surface area contributed by atoms with Crippen LogP contribution >= 0.6 is 0 Å². The van der Waals surface area contributed by atoms with E-state index in [1.807, 2.05) is 6.92 Å². The lowest BCUT2D eigenvalue weighted by Gasteiger charge is -2.32. The van der Waals surface area contributed by atoms with E-state index in [-0.39, 0.29) is 23.6 Å². The van der Waals surface area contributed by atoms with Crippen molar-refractivity contribution in [1.29, 1.82) is 0 Å². The van der Waals surface area contributed by atoms with Gasteiger partial charge in [0.2, 0.25) is 5.78 Å². The largest absolute Gasteiger partial charge is 0.360 e. The van der Waals surface area contributed by atoms with Crippen molar-refractivity contribution < 1.29 is 19.0 Å². The molecule has 5 atom stereocenters. The Labute approximate surface area is 106 Å². The van der Waals surface area contributed by atoms with Gasteiger partial charge < -0.3 is 14.2 Å². The number of epoxide rings is 3. The molecule has 0 aromatic rings. The fourth-order valence-electron chi connectivity index (χ4n) is 4.63. The SMILES string of the molecule is C[C@]12OC1[C@@H]1O[C@]1(C1CCCCC1)C(=O)[C@]21CO1. The third-order valence-electron chi connectivity index (χ3n) is 5.99. The third kappa shape index (κ3) is 0.869. The fraction of sp³-hybridized carbons (Fsp3) is 0.929. The average Bonchev–Trinajstić information content (AvgIpc) is 3.24. The number of ketones is 1. The summed E-state index contributed by atoms with van der Waals surface area (Å²) in [5.74, 6) is 0.599. The summed E-state index contributed by atoms with van der Waals surface area (Å²) >= 11 is 0. The van der Waals surface area contributed by atoms with E-state index in [0.29, 0.717) is 12.5 Å². The lowest BCUT2D eigenvalue weighted by molar-refractivity contribution is -0.134. The molecule has 3 aliphatic heterocycles. The zero-order valence-electron chi connectivity index (χ0n) is 10.6. The molecule has 2 aliphatic carbocycles. The number of carbonyl (C=O) groups is 1. The first-order valence-corrected chi connectivity index (χ1v) is 7.20. The summed E-state index contributed by atoms with van der Waals surface area (Å²) in [4.78, 5) is 12.9. The molecule has 4 heteroatoms.